The van der Waals surface area contributed by atoms with Crippen molar-refractivity contribution in [2.75, 3.05) is 13.2 Å². The van der Waals surface area contributed by atoms with Gasteiger partial charge in [0.05, 0.1) is 12.5 Å². The molecule has 1 amide bonds. The molecule has 0 saturated carbocycles. The number of aldehydes is 1. The van der Waals surface area contributed by atoms with Gasteiger partial charge in [-0.3, -0.25) is 9.69 Å². The average Bonchev–Trinajstić information content (AvgIpc) is 2.31. The number of ether oxygens (including phenoxy) is 1. The van der Waals surface area contributed by atoms with Crippen LogP contribution in [0.1, 0.15) is 26.7 Å². The number of ketones is 1. The number of likely N-dealkylation sites (tertiary alicyclic amines) is 1. The molecule has 3 atom stereocenters. The second-order valence-corrected chi connectivity index (χ2v) is 4.44. The molecule has 0 bridgehead atoms. The quantitative estimate of drug-likeness (QED) is 0.585. The number of rotatable bonds is 5. The highest BCUT2D eigenvalue weighted by atomic mass is 16.5. The Balaban J connectivity index is 2.97. The lowest BCUT2D eigenvalue weighted by atomic mass is 9.86. The molecular formula is C12H19NO5. The second-order valence-electron chi connectivity index (χ2n) is 4.44. The van der Waals surface area contributed by atoms with Crippen molar-refractivity contribution in [1.82, 2.24) is 4.90 Å². The van der Waals surface area contributed by atoms with E-state index in [2.05, 4.69) is 0 Å². The molecule has 0 aromatic carbocycles. The number of piperidine rings is 1. The molecule has 0 aliphatic carbocycles. The van der Waals surface area contributed by atoms with E-state index in [0.29, 0.717) is 25.9 Å². The van der Waals surface area contributed by atoms with Crippen LogP contribution in [0.2, 0.25) is 0 Å². The molecule has 18 heavy (non-hydrogen) atoms. The van der Waals surface area contributed by atoms with E-state index in [4.69, 9.17) is 9.84 Å². The summed E-state index contributed by atoms with van der Waals surface area (Å²) in [6.45, 7) is 4.44. The van der Waals surface area contributed by atoms with E-state index in [9.17, 15) is 14.4 Å². The van der Waals surface area contributed by atoms with Crippen molar-refractivity contribution in [1.29, 1.82) is 0 Å². The summed E-state index contributed by atoms with van der Waals surface area (Å²) in [5, 5.41) is 9.13. The maximum Gasteiger partial charge on any atom is 0.408 e. The molecule has 1 fully saturated rings. The summed E-state index contributed by atoms with van der Waals surface area (Å²) in [7, 11) is 0. The Kier molecular flexibility index (Phi) is 5.27. The van der Waals surface area contributed by atoms with Crippen molar-refractivity contribution < 1.29 is 24.2 Å². The Labute approximate surface area is 106 Å². The van der Waals surface area contributed by atoms with Crippen molar-refractivity contribution in [2.24, 2.45) is 5.92 Å². The third-order valence-electron chi connectivity index (χ3n) is 3.25. The van der Waals surface area contributed by atoms with Crippen LogP contribution in [0.4, 0.5) is 4.79 Å². The maximum absolute atomic E-state index is 11.9. The van der Waals surface area contributed by atoms with Crippen molar-refractivity contribution >= 4 is 18.2 Å². The van der Waals surface area contributed by atoms with E-state index in [1.165, 1.54) is 0 Å². The summed E-state index contributed by atoms with van der Waals surface area (Å²) in [5.41, 5.74) is 0. The van der Waals surface area contributed by atoms with Crippen LogP contribution >= 0.6 is 0 Å². The van der Waals surface area contributed by atoms with Crippen LogP contribution in [-0.4, -0.2) is 53.5 Å². The molecule has 1 aliphatic rings. The van der Waals surface area contributed by atoms with Gasteiger partial charge in [-0.2, -0.15) is 0 Å². The van der Waals surface area contributed by atoms with Crippen molar-refractivity contribution in [2.45, 2.75) is 38.8 Å². The zero-order chi connectivity index (χ0) is 13.7. The molecule has 0 radical (unpaired) electrons. The summed E-state index contributed by atoms with van der Waals surface area (Å²) >= 11 is 0. The fraction of sp³-hybridized carbons (Fsp3) is 0.750. The normalized spacial score (nSPS) is 27.9. The molecule has 3 unspecified atom stereocenters. The lowest BCUT2D eigenvalue weighted by Crippen LogP contribution is -2.58. The number of amides is 1. The molecule has 1 aliphatic heterocycles. The van der Waals surface area contributed by atoms with Crippen LogP contribution in [0.15, 0.2) is 0 Å². The fourth-order valence-corrected chi connectivity index (χ4v) is 2.36. The number of Topliss-reactive ketones (excluding diaryl/α,β-unsaturated/α-hetero) is 1. The first-order valence-electron chi connectivity index (χ1n) is 6.10. The lowest BCUT2D eigenvalue weighted by molar-refractivity contribution is -0.136. The topological polar surface area (TPSA) is 83.9 Å². The Morgan fingerprint density at radius 2 is 2.17 bits per heavy atom. The van der Waals surface area contributed by atoms with Gasteiger partial charge in [-0.05, 0) is 19.3 Å². The molecule has 1 rings (SSSR count). The third kappa shape index (κ3) is 3.07. The van der Waals surface area contributed by atoms with E-state index in [0.717, 1.165) is 4.90 Å². The van der Waals surface area contributed by atoms with Gasteiger partial charge in [0.25, 0.3) is 0 Å². The maximum atomic E-state index is 11.9. The van der Waals surface area contributed by atoms with Gasteiger partial charge < -0.3 is 14.6 Å². The Hall–Kier alpha value is -1.43. The SMILES string of the molecule is CCOC1C(C)CCN(C(=O)O)C1C(=O)CC=O. The van der Waals surface area contributed by atoms with Gasteiger partial charge >= 0.3 is 6.09 Å². The highest BCUT2D eigenvalue weighted by Gasteiger charge is 2.42. The fourth-order valence-electron chi connectivity index (χ4n) is 2.36. The van der Waals surface area contributed by atoms with Crippen LogP contribution in [-0.2, 0) is 14.3 Å². The molecule has 6 nitrogen and oxygen atoms in total. The van der Waals surface area contributed by atoms with Gasteiger partial charge in [0.1, 0.15) is 12.3 Å². The molecule has 1 heterocycles. The molecule has 102 valence electrons. The van der Waals surface area contributed by atoms with Gasteiger partial charge in [0, 0.05) is 13.2 Å². The summed E-state index contributed by atoms with van der Waals surface area (Å²) in [4.78, 5) is 34.6. The molecule has 1 N–H and O–H groups in total. The van der Waals surface area contributed by atoms with E-state index in [1.807, 2.05) is 6.92 Å². The predicted molar refractivity (Wildman–Crippen MR) is 63.4 cm³/mol. The van der Waals surface area contributed by atoms with Crippen LogP contribution in [0.25, 0.3) is 0 Å². The first-order valence-corrected chi connectivity index (χ1v) is 6.10. The number of hydrogen-bond donors (Lipinski definition) is 1. The molecule has 1 saturated heterocycles. The van der Waals surface area contributed by atoms with Crippen LogP contribution in [0.3, 0.4) is 0 Å². The highest BCUT2D eigenvalue weighted by molar-refractivity contribution is 5.95. The van der Waals surface area contributed by atoms with Gasteiger partial charge in [-0.15, -0.1) is 0 Å². The van der Waals surface area contributed by atoms with E-state index < -0.39 is 24.0 Å². The highest BCUT2D eigenvalue weighted by Crippen LogP contribution is 2.27. The smallest absolute Gasteiger partial charge is 0.408 e. The van der Waals surface area contributed by atoms with Crippen LogP contribution in [0.5, 0.6) is 0 Å². The van der Waals surface area contributed by atoms with E-state index >= 15 is 0 Å². The van der Waals surface area contributed by atoms with Gasteiger partial charge in [0.15, 0.2) is 5.78 Å². The Morgan fingerprint density at radius 3 is 2.67 bits per heavy atom. The Bertz CT molecular complexity index is 330. The number of carboxylic acid groups (broad SMARTS) is 1. The van der Waals surface area contributed by atoms with Crippen LogP contribution < -0.4 is 0 Å². The Morgan fingerprint density at radius 1 is 1.50 bits per heavy atom. The predicted octanol–water partition coefficient (Wildman–Crippen LogP) is 0.938. The summed E-state index contributed by atoms with van der Waals surface area (Å²) in [5.74, 6) is -0.293. The molecule has 0 spiro atoms. The minimum absolute atomic E-state index is 0.0983. The lowest BCUT2D eigenvalue weighted by Gasteiger charge is -2.41. The largest absolute Gasteiger partial charge is 0.465 e. The first kappa shape index (κ1) is 14.6. The molecule has 6 heteroatoms. The van der Waals surface area contributed by atoms with Gasteiger partial charge in [0.2, 0.25) is 0 Å². The average molecular weight is 257 g/mol. The zero-order valence-electron chi connectivity index (χ0n) is 10.7. The zero-order valence-corrected chi connectivity index (χ0v) is 10.7. The number of hydrogen-bond acceptors (Lipinski definition) is 4. The molecule has 0 aromatic rings. The van der Waals surface area contributed by atoms with Crippen molar-refractivity contribution in [3.63, 3.8) is 0 Å². The van der Waals surface area contributed by atoms with Gasteiger partial charge in [-0.25, -0.2) is 4.79 Å². The molecular weight excluding hydrogens is 238 g/mol. The summed E-state index contributed by atoms with van der Waals surface area (Å²) < 4.78 is 5.51. The standard InChI is InChI=1S/C12H19NO5/c1-3-18-11-8(2)4-6-13(12(16)17)10(11)9(15)5-7-14/h7-8,10-11H,3-6H2,1-2H3,(H,16,17). The van der Waals surface area contributed by atoms with Crippen molar-refractivity contribution in [3.05, 3.63) is 0 Å². The summed E-state index contributed by atoms with van der Waals surface area (Å²) in [6, 6.07) is -0.864. The number of carbonyl (C=O) groups excluding carboxylic acids is 2. The minimum atomic E-state index is -1.14. The third-order valence-corrected chi connectivity index (χ3v) is 3.25. The van der Waals surface area contributed by atoms with Gasteiger partial charge in [-0.1, -0.05) is 6.92 Å². The number of nitrogens with zero attached hydrogens (tertiary/aromatic N) is 1. The monoisotopic (exact) mass is 257 g/mol. The second kappa shape index (κ2) is 6.49. The van der Waals surface area contributed by atoms with E-state index in [1.54, 1.807) is 6.92 Å². The van der Waals surface area contributed by atoms with Crippen LogP contribution in [0, 0.1) is 5.92 Å². The van der Waals surface area contributed by atoms with Crippen molar-refractivity contribution in [3.8, 4) is 0 Å². The molecule has 0 aromatic heterocycles. The minimum Gasteiger partial charge on any atom is -0.465 e. The first-order chi connectivity index (χ1) is 8.52. The number of carbonyl (C=O) groups is 3. The van der Waals surface area contributed by atoms with E-state index in [-0.39, 0.29) is 12.3 Å². The summed E-state index contributed by atoms with van der Waals surface area (Å²) in [6.07, 6.45) is -0.722.